The summed E-state index contributed by atoms with van der Waals surface area (Å²) in [5.74, 6) is 2.74. The van der Waals surface area contributed by atoms with E-state index >= 15 is 0 Å². The van der Waals surface area contributed by atoms with Crippen LogP contribution in [0.2, 0.25) is 0 Å². The number of rotatable bonds is 4. The lowest BCUT2D eigenvalue weighted by molar-refractivity contribution is -0.141. The number of nitrogens with zero attached hydrogens (tertiary/aromatic N) is 1. The maximum absolute atomic E-state index is 12.6. The lowest BCUT2D eigenvalue weighted by atomic mass is 9.68. The van der Waals surface area contributed by atoms with Gasteiger partial charge < -0.3 is 14.4 Å². The highest BCUT2D eigenvalue weighted by Crippen LogP contribution is 2.47. The van der Waals surface area contributed by atoms with Crippen LogP contribution >= 0.6 is 0 Å². The van der Waals surface area contributed by atoms with Crippen molar-refractivity contribution in [3.05, 3.63) is 0 Å². The first-order valence-electron chi connectivity index (χ1n) is 9.26. The number of fused-ring (bicyclic) bond motifs is 1. The molecule has 0 aromatic carbocycles. The second kappa shape index (κ2) is 6.48. The molecule has 3 saturated heterocycles. The fraction of sp³-hybridized carbons (Fsp3) is 0.944. The molecule has 4 bridgehead atoms. The molecule has 5 aliphatic rings. The topological polar surface area (TPSA) is 38.8 Å². The van der Waals surface area contributed by atoms with Crippen LogP contribution in [0.15, 0.2) is 0 Å². The maximum Gasteiger partial charge on any atom is 0.248 e. The largest absolute Gasteiger partial charge is 0.376 e. The Balaban J connectivity index is 1.29. The van der Waals surface area contributed by atoms with Crippen LogP contribution < -0.4 is 0 Å². The molecule has 0 radical (unpaired) electrons. The Morgan fingerprint density at radius 1 is 1.05 bits per heavy atom. The molecule has 0 spiro atoms. The van der Waals surface area contributed by atoms with E-state index in [9.17, 15) is 4.79 Å². The number of ether oxygens (including phenoxy) is 2. The molecular weight excluding hydrogens is 278 g/mol. The van der Waals surface area contributed by atoms with Crippen LogP contribution in [0.1, 0.15) is 51.4 Å². The van der Waals surface area contributed by atoms with Gasteiger partial charge in [0.15, 0.2) is 0 Å². The summed E-state index contributed by atoms with van der Waals surface area (Å²) in [6.45, 7) is 2.66. The van der Waals surface area contributed by atoms with Gasteiger partial charge >= 0.3 is 0 Å². The number of hydrogen-bond donors (Lipinski definition) is 0. The molecule has 0 aromatic rings. The summed E-state index contributed by atoms with van der Waals surface area (Å²) in [7, 11) is 0. The highest BCUT2D eigenvalue weighted by atomic mass is 16.5. The first-order valence-corrected chi connectivity index (χ1v) is 9.26. The Morgan fingerprint density at radius 3 is 2.55 bits per heavy atom. The first-order chi connectivity index (χ1) is 10.8. The standard InChI is InChI=1S/C18H29NO3/c20-18(12-21-11-17-3-1-2-4-22-17)19-10-15-6-13-5-14(7-15)9-16(19)8-13/h13-17H,1-12H2/t13-,14?,15?,16?,17?/m0/s1. The summed E-state index contributed by atoms with van der Waals surface area (Å²) in [5, 5.41) is 0. The van der Waals surface area contributed by atoms with E-state index in [0.717, 1.165) is 43.7 Å². The summed E-state index contributed by atoms with van der Waals surface area (Å²) in [6.07, 6.45) is 10.3. The fourth-order valence-corrected chi connectivity index (χ4v) is 5.39. The van der Waals surface area contributed by atoms with E-state index in [4.69, 9.17) is 9.47 Å². The van der Waals surface area contributed by atoms with Gasteiger partial charge in [0.25, 0.3) is 0 Å². The van der Waals surface area contributed by atoms with Crippen LogP contribution in [0.4, 0.5) is 0 Å². The van der Waals surface area contributed by atoms with Crippen molar-refractivity contribution < 1.29 is 14.3 Å². The van der Waals surface area contributed by atoms with Crippen LogP contribution in [0, 0.1) is 17.8 Å². The molecular formula is C18H29NO3. The minimum atomic E-state index is 0.206. The summed E-state index contributed by atoms with van der Waals surface area (Å²) in [4.78, 5) is 14.8. The molecule has 1 amide bonds. The van der Waals surface area contributed by atoms with E-state index in [1.807, 2.05) is 0 Å². The monoisotopic (exact) mass is 307 g/mol. The molecule has 2 saturated carbocycles. The first kappa shape index (κ1) is 14.9. The molecule has 5 rings (SSSR count). The average molecular weight is 307 g/mol. The Morgan fingerprint density at radius 2 is 1.82 bits per heavy atom. The third-order valence-corrected chi connectivity index (χ3v) is 6.23. The third kappa shape index (κ3) is 3.18. The molecule has 4 heteroatoms. The molecule has 0 N–H and O–H groups in total. The maximum atomic E-state index is 12.6. The fourth-order valence-electron chi connectivity index (χ4n) is 5.39. The lowest BCUT2D eigenvalue weighted by Crippen LogP contribution is -2.44. The van der Waals surface area contributed by atoms with E-state index in [0.29, 0.717) is 12.6 Å². The second-order valence-electron chi connectivity index (χ2n) is 7.98. The van der Waals surface area contributed by atoms with Crippen molar-refractivity contribution in [2.24, 2.45) is 17.8 Å². The average Bonchev–Trinajstić information content (AvgIpc) is 2.72. The van der Waals surface area contributed by atoms with Crippen molar-refractivity contribution in [2.45, 2.75) is 63.5 Å². The molecule has 4 nitrogen and oxygen atoms in total. The van der Waals surface area contributed by atoms with E-state index in [2.05, 4.69) is 4.90 Å². The van der Waals surface area contributed by atoms with E-state index < -0.39 is 0 Å². The molecule has 124 valence electrons. The van der Waals surface area contributed by atoms with Gasteiger partial charge in [-0.1, -0.05) is 0 Å². The zero-order valence-corrected chi connectivity index (χ0v) is 13.5. The van der Waals surface area contributed by atoms with E-state index in [1.165, 1.54) is 38.5 Å². The Bertz CT molecular complexity index is 393. The van der Waals surface area contributed by atoms with Crippen molar-refractivity contribution in [1.82, 2.24) is 4.90 Å². The van der Waals surface area contributed by atoms with Crippen molar-refractivity contribution in [2.75, 3.05) is 26.4 Å². The zero-order chi connectivity index (χ0) is 14.9. The summed E-state index contributed by atoms with van der Waals surface area (Å²) < 4.78 is 11.4. The zero-order valence-electron chi connectivity index (χ0n) is 13.5. The van der Waals surface area contributed by atoms with E-state index in [1.54, 1.807) is 0 Å². The van der Waals surface area contributed by atoms with Gasteiger partial charge in [0, 0.05) is 19.2 Å². The Hall–Kier alpha value is -0.610. The summed E-state index contributed by atoms with van der Waals surface area (Å²) in [5.41, 5.74) is 0. The van der Waals surface area contributed by atoms with Gasteiger partial charge in [-0.2, -0.15) is 0 Å². The van der Waals surface area contributed by atoms with Crippen molar-refractivity contribution in [3.63, 3.8) is 0 Å². The van der Waals surface area contributed by atoms with Gasteiger partial charge in [0.1, 0.15) is 6.61 Å². The molecule has 5 atom stereocenters. The molecule has 5 fully saturated rings. The smallest absolute Gasteiger partial charge is 0.248 e. The molecule has 3 heterocycles. The highest BCUT2D eigenvalue weighted by Gasteiger charge is 2.43. The van der Waals surface area contributed by atoms with Crippen molar-refractivity contribution in [3.8, 4) is 0 Å². The highest BCUT2D eigenvalue weighted by molar-refractivity contribution is 5.78. The number of carbonyl (C=O) groups excluding carboxylic acids is 1. The Kier molecular flexibility index (Phi) is 4.40. The second-order valence-corrected chi connectivity index (χ2v) is 7.98. The SMILES string of the molecule is O=C(COCC1CCCCO1)N1CC2CC3CC1C[C@@H](C3)C2. The summed E-state index contributed by atoms with van der Waals surface area (Å²) in [6, 6.07) is 0.498. The minimum absolute atomic E-state index is 0.206. The van der Waals surface area contributed by atoms with Crippen LogP contribution in [0.5, 0.6) is 0 Å². The van der Waals surface area contributed by atoms with Gasteiger partial charge in [-0.05, 0) is 69.1 Å². The number of carbonyl (C=O) groups is 1. The number of hydrogen-bond acceptors (Lipinski definition) is 3. The normalized spacial score (nSPS) is 40.7. The molecule has 3 aliphatic heterocycles. The lowest BCUT2D eigenvalue weighted by Gasteiger charge is -2.39. The predicted molar refractivity (Wildman–Crippen MR) is 83.5 cm³/mol. The Labute approximate surface area is 133 Å². The molecule has 0 aromatic heterocycles. The molecule has 2 aliphatic carbocycles. The molecule has 22 heavy (non-hydrogen) atoms. The number of amides is 1. The van der Waals surface area contributed by atoms with Crippen LogP contribution in [-0.4, -0.2) is 49.3 Å². The van der Waals surface area contributed by atoms with Crippen LogP contribution in [-0.2, 0) is 14.3 Å². The minimum Gasteiger partial charge on any atom is -0.376 e. The van der Waals surface area contributed by atoms with Crippen molar-refractivity contribution in [1.29, 1.82) is 0 Å². The van der Waals surface area contributed by atoms with Crippen LogP contribution in [0.3, 0.4) is 0 Å². The summed E-state index contributed by atoms with van der Waals surface area (Å²) >= 11 is 0. The van der Waals surface area contributed by atoms with Gasteiger partial charge in [0.05, 0.1) is 12.7 Å². The van der Waals surface area contributed by atoms with Gasteiger partial charge in [-0.3, -0.25) is 4.79 Å². The van der Waals surface area contributed by atoms with Gasteiger partial charge in [0.2, 0.25) is 5.91 Å². The van der Waals surface area contributed by atoms with Gasteiger partial charge in [-0.15, -0.1) is 0 Å². The van der Waals surface area contributed by atoms with Gasteiger partial charge in [-0.25, -0.2) is 0 Å². The predicted octanol–water partition coefficient (Wildman–Crippen LogP) is 2.61. The molecule has 4 unspecified atom stereocenters. The third-order valence-electron chi connectivity index (χ3n) is 6.23. The van der Waals surface area contributed by atoms with Crippen LogP contribution in [0.25, 0.3) is 0 Å². The quantitative estimate of drug-likeness (QED) is 0.801. The van der Waals surface area contributed by atoms with E-state index in [-0.39, 0.29) is 18.6 Å². The van der Waals surface area contributed by atoms with Crippen molar-refractivity contribution >= 4 is 5.91 Å².